The highest BCUT2D eigenvalue weighted by Crippen LogP contribution is 2.21. The molecule has 23 heavy (non-hydrogen) atoms. The first-order chi connectivity index (χ1) is 11.0. The van der Waals surface area contributed by atoms with Crippen LogP contribution in [0.3, 0.4) is 0 Å². The molecule has 5 nitrogen and oxygen atoms in total. The smallest absolute Gasteiger partial charge is 0.311 e. The second kappa shape index (κ2) is 8.04. The van der Waals surface area contributed by atoms with Crippen molar-refractivity contribution in [2.24, 2.45) is 0 Å². The maximum absolute atomic E-state index is 11.9. The molecule has 0 saturated carbocycles. The van der Waals surface area contributed by atoms with Crippen LogP contribution >= 0.6 is 23.2 Å². The summed E-state index contributed by atoms with van der Waals surface area (Å²) < 4.78 is 10.2. The van der Waals surface area contributed by atoms with Gasteiger partial charge in [-0.25, -0.2) is 0 Å². The Morgan fingerprint density at radius 1 is 1.30 bits per heavy atom. The molecule has 0 aliphatic carbocycles. The number of halogens is 2. The number of furan rings is 1. The summed E-state index contributed by atoms with van der Waals surface area (Å²) in [5.74, 6) is -0.336. The van der Waals surface area contributed by atoms with E-state index < -0.39 is 18.0 Å². The zero-order valence-electron chi connectivity index (χ0n) is 12.3. The maximum Gasteiger partial charge on any atom is 0.311 e. The third kappa shape index (κ3) is 5.30. The van der Waals surface area contributed by atoms with E-state index in [2.05, 4.69) is 5.32 Å². The molecule has 2 aromatic rings. The third-order valence-electron chi connectivity index (χ3n) is 3.04. The van der Waals surface area contributed by atoms with Crippen LogP contribution < -0.4 is 5.32 Å². The first-order valence-electron chi connectivity index (χ1n) is 6.89. The molecule has 1 aromatic carbocycles. The molecule has 0 spiro atoms. The standard InChI is InChI=1S/C16H15Cl2NO4/c1-10(16(21)19-9-13-3-2-6-22-13)23-15(20)7-11-4-5-12(17)8-14(11)18/h2-6,8,10H,7,9H2,1H3,(H,19,21)/t10-/m1/s1. The average Bonchev–Trinajstić information content (AvgIpc) is 3.01. The lowest BCUT2D eigenvalue weighted by Gasteiger charge is -2.13. The van der Waals surface area contributed by atoms with Crippen molar-refractivity contribution in [1.82, 2.24) is 5.32 Å². The molecule has 7 heteroatoms. The highest BCUT2D eigenvalue weighted by atomic mass is 35.5. The number of hydrogen-bond donors (Lipinski definition) is 1. The second-order valence-corrected chi connectivity index (χ2v) is 5.69. The Hall–Kier alpha value is -1.98. The summed E-state index contributed by atoms with van der Waals surface area (Å²) in [5.41, 5.74) is 0.587. The van der Waals surface area contributed by atoms with Crippen molar-refractivity contribution in [2.45, 2.75) is 26.0 Å². The van der Waals surface area contributed by atoms with Crippen molar-refractivity contribution < 1.29 is 18.7 Å². The van der Waals surface area contributed by atoms with Crippen LogP contribution in [0.2, 0.25) is 10.0 Å². The van der Waals surface area contributed by atoms with Crippen LogP contribution in [0.15, 0.2) is 41.0 Å². The predicted octanol–water partition coefficient (Wildman–Crippen LogP) is 3.38. The minimum atomic E-state index is -0.913. The average molecular weight is 356 g/mol. The molecule has 1 heterocycles. The van der Waals surface area contributed by atoms with Crippen LogP contribution in [0, 0.1) is 0 Å². The molecule has 0 fully saturated rings. The van der Waals surface area contributed by atoms with Crippen molar-refractivity contribution in [1.29, 1.82) is 0 Å². The fourth-order valence-corrected chi connectivity index (χ4v) is 2.32. The number of nitrogens with one attached hydrogen (secondary N) is 1. The molecule has 0 saturated heterocycles. The zero-order valence-corrected chi connectivity index (χ0v) is 13.9. The zero-order chi connectivity index (χ0) is 16.8. The summed E-state index contributed by atoms with van der Waals surface area (Å²) in [6.07, 6.45) is 0.565. The van der Waals surface area contributed by atoms with Gasteiger partial charge in [-0.1, -0.05) is 29.3 Å². The van der Waals surface area contributed by atoms with Crippen molar-refractivity contribution in [3.05, 3.63) is 58.0 Å². The maximum atomic E-state index is 11.9. The molecular formula is C16H15Cl2NO4. The van der Waals surface area contributed by atoms with Crippen LogP contribution in [-0.2, 0) is 27.3 Å². The van der Waals surface area contributed by atoms with E-state index in [-0.39, 0.29) is 13.0 Å². The van der Waals surface area contributed by atoms with Gasteiger partial charge in [0.25, 0.3) is 5.91 Å². The van der Waals surface area contributed by atoms with Gasteiger partial charge in [-0.2, -0.15) is 0 Å². The number of rotatable bonds is 6. The van der Waals surface area contributed by atoms with Crippen molar-refractivity contribution >= 4 is 35.1 Å². The SMILES string of the molecule is C[C@@H](OC(=O)Cc1ccc(Cl)cc1Cl)C(=O)NCc1ccco1. The van der Waals surface area contributed by atoms with Crippen LogP contribution in [-0.4, -0.2) is 18.0 Å². The summed E-state index contributed by atoms with van der Waals surface area (Å²) in [6.45, 7) is 1.73. The lowest BCUT2D eigenvalue weighted by Crippen LogP contribution is -2.35. The van der Waals surface area contributed by atoms with E-state index in [1.807, 2.05) is 0 Å². The van der Waals surface area contributed by atoms with Gasteiger partial charge in [-0.3, -0.25) is 9.59 Å². The molecule has 1 aromatic heterocycles. The van der Waals surface area contributed by atoms with Gasteiger partial charge in [0.05, 0.1) is 19.2 Å². The highest BCUT2D eigenvalue weighted by molar-refractivity contribution is 6.35. The Labute approximate surface area is 143 Å². The van der Waals surface area contributed by atoms with Crippen LogP contribution in [0.25, 0.3) is 0 Å². The number of hydrogen-bond acceptors (Lipinski definition) is 4. The molecule has 0 bridgehead atoms. The number of ether oxygens (including phenoxy) is 1. The normalized spacial score (nSPS) is 11.8. The van der Waals surface area contributed by atoms with Crippen LogP contribution in [0.4, 0.5) is 0 Å². The summed E-state index contributed by atoms with van der Waals surface area (Å²) >= 11 is 11.8. The number of amides is 1. The Morgan fingerprint density at radius 2 is 2.09 bits per heavy atom. The van der Waals surface area contributed by atoms with Gasteiger partial charge in [-0.05, 0) is 36.8 Å². The van der Waals surface area contributed by atoms with Gasteiger partial charge in [0, 0.05) is 10.0 Å². The quantitative estimate of drug-likeness (QED) is 0.806. The second-order valence-electron chi connectivity index (χ2n) is 4.84. The van der Waals surface area contributed by atoms with Crippen molar-refractivity contribution in [3.8, 4) is 0 Å². The Morgan fingerprint density at radius 3 is 2.74 bits per heavy atom. The van der Waals surface area contributed by atoms with E-state index in [1.165, 1.54) is 13.2 Å². The first kappa shape index (κ1) is 17.4. The van der Waals surface area contributed by atoms with Gasteiger partial charge in [0.1, 0.15) is 5.76 Å². The van der Waals surface area contributed by atoms with E-state index >= 15 is 0 Å². The van der Waals surface area contributed by atoms with Gasteiger partial charge >= 0.3 is 5.97 Å². The molecule has 0 aliphatic heterocycles. The summed E-state index contributed by atoms with van der Waals surface area (Å²) in [4.78, 5) is 23.7. The fourth-order valence-electron chi connectivity index (χ4n) is 1.84. The minimum absolute atomic E-state index is 0.0359. The van der Waals surface area contributed by atoms with E-state index in [9.17, 15) is 9.59 Å². The molecular weight excluding hydrogens is 341 g/mol. The molecule has 1 N–H and O–H groups in total. The number of esters is 1. The van der Waals surface area contributed by atoms with E-state index in [4.69, 9.17) is 32.4 Å². The van der Waals surface area contributed by atoms with E-state index in [0.717, 1.165) is 0 Å². The highest BCUT2D eigenvalue weighted by Gasteiger charge is 2.18. The molecule has 0 aliphatic rings. The third-order valence-corrected chi connectivity index (χ3v) is 3.63. The van der Waals surface area contributed by atoms with Crippen molar-refractivity contribution in [3.63, 3.8) is 0 Å². The Bertz CT molecular complexity index is 685. The van der Waals surface area contributed by atoms with Gasteiger partial charge < -0.3 is 14.5 Å². The molecule has 1 atom stereocenters. The van der Waals surface area contributed by atoms with Crippen LogP contribution in [0.5, 0.6) is 0 Å². The predicted molar refractivity (Wildman–Crippen MR) is 86.3 cm³/mol. The van der Waals surface area contributed by atoms with Gasteiger partial charge in [0.2, 0.25) is 0 Å². The molecule has 0 radical (unpaired) electrons. The summed E-state index contributed by atoms with van der Waals surface area (Å²) in [7, 11) is 0. The fraction of sp³-hybridized carbons (Fsp3) is 0.250. The lowest BCUT2D eigenvalue weighted by molar-refractivity contribution is -0.154. The molecule has 1 amide bonds. The summed E-state index contributed by atoms with van der Waals surface area (Å²) in [5, 5.41) is 3.48. The number of carbonyl (C=O) groups excluding carboxylic acids is 2. The monoisotopic (exact) mass is 355 g/mol. The minimum Gasteiger partial charge on any atom is -0.467 e. The lowest BCUT2D eigenvalue weighted by atomic mass is 10.1. The molecule has 2 rings (SSSR count). The largest absolute Gasteiger partial charge is 0.467 e. The Kier molecular flexibility index (Phi) is 6.07. The number of benzene rings is 1. The van der Waals surface area contributed by atoms with Crippen molar-refractivity contribution in [2.75, 3.05) is 0 Å². The molecule has 0 unspecified atom stereocenters. The van der Waals surface area contributed by atoms with Gasteiger partial charge in [-0.15, -0.1) is 0 Å². The summed E-state index contributed by atoms with van der Waals surface area (Å²) in [6, 6.07) is 8.29. The van der Waals surface area contributed by atoms with E-state index in [0.29, 0.717) is 21.4 Å². The first-order valence-corrected chi connectivity index (χ1v) is 7.65. The van der Waals surface area contributed by atoms with Crippen LogP contribution in [0.1, 0.15) is 18.2 Å². The van der Waals surface area contributed by atoms with Gasteiger partial charge in [0.15, 0.2) is 6.10 Å². The Balaban J connectivity index is 1.82. The van der Waals surface area contributed by atoms with E-state index in [1.54, 1.807) is 30.3 Å². The molecule has 122 valence electrons. The number of carbonyl (C=O) groups is 2. The topological polar surface area (TPSA) is 68.5 Å².